The van der Waals surface area contributed by atoms with Crippen molar-refractivity contribution in [1.29, 1.82) is 0 Å². The fraction of sp³-hybridized carbons (Fsp3) is 0.571. The molecule has 2 rings (SSSR count). The SMILES string of the molecule is C#CCCC(=O)CCCC#Cc1cn([C@H]2CC(C)[C@@H](CC)O2)c(=O)[nH]c1=O. The van der Waals surface area contributed by atoms with E-state index in [-0.39, 0.29) is 23.7 Å². The molecule has 1 aromatic rings. The summed E-state index contributed by atoms with van der Waals surface area (Å²) in [5, 5.41) is 0. The van der Waals surface area contributed by atoms with Crippen molar-refractivity contribution < 1.29 is 9.53 Å². The lowest BCUT2D eigenvalue weighted by atomic mass is 10.0. The highest BCUT2D eigenvalue weighted by atomic mass is 16.5. The van der Waals surface area contributed by atoms with Crippen LogP contribution < -0.4 is 11.2 Å². The van der Waals surface area contributed by atoms with E-state index in [1.165, 1.54) is 10.8 Å². The molecule has 0 spiro atoms. The second-order valence-corrected chi connectivity index (χ2v) is 6.86. The van der Waals surface area contributed by atoms with E-state index in [9.17, 15) is 14.4 Å². The van der Waals surface area contributed by atoms with Crippen LogP contribution in [-0.4, -0.2) is 21.4 Å². The van der Waals surface area contributed by atoms with E-state index in [0.29, 0.717) is 38.0 Å². The van der Waals surface area contributed by atoms with Gasteiger partial charge < -0.3 is 4.74 Å². The zero-order valence-electron chi connectivity index (χ0n) is 15.9. The van der Waals surface area contributed by atoms with Gasteiger partial charge in [-0.1, -0.05) is 25.7 Å². The molecule has 1 N–H and O–H groups in total. The molecule has 0 amide bonds. The van der Waals surface area contributed by atoms with Crippen LogP contribution in [0.1, 0.15) is 70.6 Å². The number of terminal acetylenes is 1. The van der Waals surface area contributed by atoms with E-state index in [0.717, 1.165) is 12.8 Å². The number of hydrogen-bond acceptors (Lipinski definition) is 4. The zero-order valence-corrected chi connectivity index (χ0v) is 15.9. The number of ketones is 1. The van der Waals surface area contributed by atoms with Crippen LogP contribution >= 0.6 is 0 Å². The van der Waals surface area contributed by atoms with Gasteiger partial charge in [0.2, 0.25) is 0 Å². The van der Waals surface area contributed by atoms with Crippen molar-refractivity contribution in [3.63, 3.8) is 0 Å². The first-order chi connectivity index (χ1) is 13.0. The number of unbranched alkanes of at least 4 members (excludes halogenated alkanes) is 1. The van der Waals surface area contributed by atoms with Crippen molar-refractivity contribution in [3.8, 4) is 24.2 Å². The highest BCUT2D eigenvalue weighted by Crippen LogP contribution is 2.33. The molecular weight excluding hydrogens is 344 g/mol. The molecule has 144 valence electrons. The molecule has 0 saturated carbocycles. The predicted octanol–water partition coefficient (Wildman–Crippen LogP) is 2.37. The average Bonchev–Trinajstić information content (AvgIpc) is 3.01. The molecule has 1 aliphatic rings. The average molecular weight is 370 g/mol. The molecule has 0 radical (unpaired) electrons. The van der Waals surface area contributed by atoms with Crippen LogP contribution in [0.25, 0.3) is 0 Å². The minimum atomic E-state index is -0.507. The van der Waals surface area contributed by atoms with Crippen molar-refractivity contribution in [1.82, 2.24) is 9.55 Å². The monoisotopic (exact) mass is 370 g/mol. The van der Waals surface area contributed by atoms with E-state index >= 15 is 0 Å². The minimum Gasteiger partial charge on any atom is -0.354 e. The number of ether oxygens (including phenoxy) is 1. The van der Waals surface area contributed by atoms with E-state index in [1.54, 1.807) is 0 Å². The second-order valence-electron chi connectivity index (χ2n) is 6.86. The van der Waals surface area contributed by atoms with Gasteiger partial charge in [0.25, 0.3) is 5.56 Å². The Balaban J connectivity index is 2.03. The van der Waals surface area contributed by atoms with Crippen LogP contribution in [0.5, 0.6) is 0 Å². The normalized spacial score (nSPS) is 21.3. The molecule has 0 aromatic carbocycles. The molecule has 1 fully saturated rings. The Kier molecular flexibility index (Phi) is 7.64. The second kappa shape index (κ2) is 9.94. The molecule has 3 atom stereocenters. The summed E-state index contributed by atoms with van der Waals surface area (Å²) in [6.07, 6.45) is 10.3. The lowest BCUT2D eigenvalue weighted by Gasteiger charge is -2.15. The van der Waals surface area contributed by atoms with E-state index in [1.807, 2.05) is 6.92 Å². The first-order valence-electron chi connectivity index (χ1n) is 9.41. The Labute approximate surface area is 159 Å². The number of aromatic nitrogens is 2. The van der Waals surface area contributed by atoms with Gasteiger partial charge in [-0.15, -0.1) is 12.3 Å². The number of rotatable bonds is 7. The van der Waals surface area contributed by atoms with Gasteiger partial charge in [0.15, 0.2) is 0 Å². The van der Waals surface area contributed by atoms with Crippen LogP contribution in [0.2, 0.25) is 0 Å². The third-order valence-electron chi connectivity index (χ3n) is 4.75. The largest absolute Gasteiger partial charge is 0.354 e. The van der Waals surface area contributed by atoms with E-state index in [4.69, 9.17) is 11.2 Å². The van der Waals surface area contributed by atoms with Gasteiger partial charge in [-0.3, -0.25) is 19.1 Å². The molecular formula is C21H26N2O4. The summed E-state index contributed by atoms with van der Waals surface area (Å²) in [6, 6.07) is 0. The van der Waals surface area contributed by atoms with Gasteiger partial charge in [0, 0.05) is 31.9 Å². The molecule has 1 unspecified atom stereocenters. The summed E-state index contributed by atoms with van der Waals surface area (Å²) >= 11 is 0. The third-order valence-corrected chi connectivity index (χ3v) is 4.75. The molecule has 6 heteroatoms. The summed E-state index contributed by atoms with van der Waals surface area (Å²) in [6.45, 7) is 4.14. The summed E-state index contributed by atoms with van der Waals surface area (Å²) in [5.41, 5.74) is -0.769. The number of hydrogen-bond donors (Lipinski definition) is 1. The number of Topliss-reactive ketones (excluding diaryl/α,β-unsaturated/α-hetero) is 1. The summed E-state index contributed by atoms with van der Waals surface area (Å²) in [7, 11) is 0. The molecule has 1 aromatic heterocycles. The molecule has 2 heterocycles. The Morgan fingerprint density at radius 1 is 1.37 bits per heavy atom. The highest BCUT2D eigenvalue weighted by molar-refractivity contribution is 5.78. The smallest absolute Gasteiger partial charge is 0.330 e. The van der Waals surface area contributed by atoms with Crippen molar-refractivity contribution in [2.45, 2.75) is 71.1 Å². The van der Waals surface area contributed by atoms with Crippen LogP contribution in [-0.2, 0) is 9.53 Å². The van der Waals surface area contributed by atoms with Crippen molar-refractivity contribution in [2.24, 2.45) is 5.92 Å². The topological polar surface area (TPSA) is 81.2 Å². The standard InChI is InChI=1S/C21H26N2O4/c1-4-6-11-17(24)12-9-7-8-10-16-14-23(21(26)22-20(16)25)19-13-15(3)18(5-2)27-19/h1,14-15,18-19H,5-7,9,11-13H2,2-3H3,(H,22,25,26)/t15?,18-,19-/m1/s1. The predicted molar refractivity (Wildman–Crippen MR) is 103 cm³/mol. The van der Waals surface area contributed by atoms with E-state index in [2.05, 4.69) is 29.7 Å². The Hall–Kier alpha value is -2.57. The van der Waals surface area contributed by atoms with Gasteiger partial charge in [-0.2, -0.15) is 0 Å². The Morgan fingerprint density at radius 2 is 2.15 bits per heavy atom. The fourth-order valence-electron chi connectivity index (χ4n) is 3.20. The van der Waals surface area contributed by atoms with Crippen LogP contribution in [0.3, 0.4) is 0 Å². The fourth-order valence-corrected chi connectivity index (χ4v) is 3.20. The first kappa shape index (κ1) is 20.7. The van der Waals surface area contributed by atoms with Crippen LogP contribution in [0.15, 0.2) is 15.8 Å². The maximum Gasteiger partial charge on any atom is 0.330 e. The van der Waals surface area contributed by atoms with E-state index < -0.39 is 11.2 Å². The first-order valence-corrected chi connectivity index (χ1v) is 9.41. The van der Waals surface area contributed by atoms with Gasteiger partial charge in [0.05, 0.1) is 6.10 Å². The zero-order chi connectivity index (χ0) is 19.8. The third kappa shape index (κ3) is 5.70. The van der Waals surface area contributed by atoms with Gasteiger partial charge >= 0.3 is 5.69 Å². The molecule has 6 nitrogen and oxygen atoms in total. The lowest BCUT2D eigenvalue weighted by molar-refractivity contribution is -0.119. The number of nitrogens with zero attached hydrogens (tertiary/aromatic N) is 1. The van der Waals surface area contributed by atoms with Gasteiger partial charge in [-0.25, -0.2) is 4.79 Å². The van der Waals surface area contributed by atoms with Gasteiger partial charge in [-0.05, 0) is 25.2 Å². The minimum absolute atomic E-state index is 0.107. The van der Waals surface area contributed by atoms with Crippen molar-refractivity contribution in [2.75, 3.05) is 0 Å². The summed E-state index contributed by atoms with van der Waals surface area (Å²) < 4.78 is 7.35. The molecule has 1 aliphatic heterocycles. The maximum absolute atomic E-state index is 12.1. The number of carbonyl (C=O) groups excluding carboxylic acids is 1. The molecule has 0 aliphatic carbocycles. The molecule has 0 bridgehead atoms. The quantitative estimate of drug-likeness (QED) is 0.590. The summed E-state index contributed by atoms with van der Waals surface area (Å²) in [5.74, 6) is 8.62. The maximum atomic E-state index is 12.1. The van der Waals surface area contributed by atoms with Crippen molar-refractivity contribution >= 4 is 5.78 Å². The van der Waals surface area contributed by atoms with Crippen LogP contribution in [0, 0.1) is 30.1 Å². The number of aromatic amines is 1. The molecule has 1 saturated heterocycles. The van der Waals surface area contributed by atoms with Gasteiger partial charge in [0.1, 0.15) is 17.6 Å². The lowest BCUT2D eigenvalue weighted by Crippen LogP contribution is -2.33. The molecule has 27 heavy (non-hydrogen) atoms. The number of nitrogens with one attached hydrogen (secondary N) is 1. The number of carbonyl (C=O) groups is 1. The van der Waals surface area contributed by atoms with Crippen LogP contribution in [0.4, 0.5) is 0 Å². The highest BCUT2D eigenvalue weighted by Gasteiger charge is 2.32. The Morgan fingerprint density at radius 3 is 2.81 bits per heavy atom. The summed E-state index contributed by atoms with van der Waals surface area (Å²) in [4.78, 5) is 38.0. The van der Waals surface area contributed by atoms with Crippen molar-refractivity contribution in [3.05, 3.63) is 32.6 Å². The number of H-pyrrole nitrogens is 1. The Bertz CT molecular complexity index is 878.